The molecule has 0 aliphatic carbocycles. The van der Waals surface area contributed by atoms with Gasteiger partial charge >= 0.3 is 0 Å². The zero-order valence-electron chi connectivity index (χ0n) is 12.0. The van der Waals surface area contributed by atoms with Crippen molar-refractivity contribution in [1.29, 1.82) is 0 Å². The van der Waals surface area contributed by atoms with Crippen molar-refractivity contribution >= 4 is 0 Å². The molecule has 0 saturated heterocycles. The first kappa shape index (κ1) is 14.2. The van der Waals surface area contributed by atoms with Crippen LogP contribution in [0.4, 0.5) is 0 Å². The topological polar surface area (TPSA) is 12.0 Å². The summed E-state index contributed by atoms with van der Waals surface area (Å²) in [6.45, 7) is 12.4. The molecule has 1 N–H and O–H groups in total. The van der Waals surface area contributed by atoms with Gasteiger partial charge in [-0.15, -0.1) is 0 Å². The van der Waals surface area contributed by atoms with Crippen molar-refractivity contribution in [3.63, 3.8) is 0 Å². The predicted molar refractivity (Wildman–Crippen MR) is 76.2 cm³/mol. The number of hydrogen-bond donors (Lipinski definition) is 1. The van der Waals surface area contributed by atoms with E-state index in [1.807, 2.05) is 0 Å². The standard InChI is InChI=1S/C16H27N/c1-6-11-17-16(14(5)12(2)3)15-9-7-13(4)8-10-15/h7-10,12,14,16-17H,6,11H2,1-5H3. The number of rotatable bonds is 6. The zero-order valence-corrected chi connectivity index (χ0v) is 12.0. The molecule has 0 aliphatic heterocycles. The molecule has 0 amide bonds. The molecule has 2 unspecified atom stereocenters. The van der Waals surface area contributed by atoms with Crippen LogP contribution in [0, 0.1) is 18.8 Å². The zero-order chi connectivity index (χ0) is 12.8. The van der Waals surface area contributed by atoms with Gasteiger partial charge < -0.3 is 5.32 Å². The van der Waals surface area contributed by atoms with Gasteiger partial charge in [0.25, 0.3) is 0 Å². The lowest BCUT2D eigenvalue weighted by Gasteiger charge is -2.28. The van der Waals surface area contributed by atoms with E-state index >= 15 is 0 Å². The minimum absolute atomic E-state index is 0.482. The summed E-state index contributed by atoms with van der Waals surface area (Å²) < 4.78 is 0. The lowest BCUT2D eigenvalue weighted by Crippen LogP contribution is -2.30. The van der Waals surface area contributed by atoms with Crippen molar-refractivity contribution in [2.45, 2.75) is 47.1 Å². The van der Waals surface area contributed by atoms with Crippen molar-refractivity contribution in [2.24, 2.45) is 11.8 Å². The van der Waals surface area contributed by atoms with Crippen molar-refractivity contribution in [3.8, 4) is 0 Å². The van der Waals surface area contributed by atoms with Crippen molar-refractivity contribution in [2.75, 3.05) is 6.54 Å². The van der Waals surface area contributed by atoms with E-state index in [2.05, 4.69) is 64.2 Å². The first-order chi connectivity index (χ1) is 8.06. The monoisotopic (exact) mass is 233 g/mol. The Kier molecular flexibility index (Phi) is 5.70. The fourth-order valence-corrected chi connectivity index (χ4v) is 2.07. The van der Waals surface area contributed by atoms with Crippen LogP contribution in [0.1, 0.15) is 51.3 Å². The van der Waals surface area contributed by atoms with Gasteiger partial charge in [-0.25, -0.2) is 0 Å². The van der Waals surface area contributed by atoms with Crippen LogP contribution in [0.15, 0.2) is 24.3 Å². The Hall–Kier alpha value is -0.820. The fraction of sp³-hybridized carbons (Fsp3) is 0.625. The highest BCUT2D eigenvalue weighted by atomic mass is 14.9. The van der Waals surface area contributed by atoms with E-state index < -0.39 is 0 Å². The van der Waals surface area contributed by atoms with Crippen LogP contribution in [-0.2, 0) is 0 Å². The summed E-state index contributed by atoms with van der Waals surface area (Å²) in [6, 6.07) is 9.44. The Morgan fingerprint density at radius 1 is 1.06 bits per heavy atom. The Bertz CT molecular complexity index is 313. The highest BCUT2D eigenvalue weighted by molar-refractivity contribution is 5.24. The van der Waals surface area contributed by atoms with E-state index in [0.29, 0.717) is 17.9 Å². The molecular weight excluding hydrogens is 206 g/mol. The molecule has 0 aliphatic rings. The van der Waals surface area contributed by atoms with Crippen LogP contribution in [0.3, 0.4) is 0 Å². The van der Waals surface area contributed by atoms with E-state index in [1.165, 1.54) is 17.5 Å². The second kappa shape index (κ2) is 6.80. The maximum Gasteiger partial charge on any atom is 0.0348 e. The average molecular weight is 233 g/mol. The predicted octanol–water partition coefficient (Wildman–Crippen LogP) is 4.33. The minimum Gasteiger partial charge on any atom is -0.310 e. The second-order valence-electron chi connectivity index (χ2n) is 5.45. The summed E-state index contributed by atoms with van der Waals surface area (Å²) in [5, 5.41) is 3.69. The SMILES string of the molecule is CCCNC(c1ccc(C)cc1)C(C)C(C)C. The number of aryl methyl sites for hydroxylation is 1. The summed E-state index contributed by atoms with van der Waals surface area (Å²) in [6.07, 6.45) is 1.19. The van der Waals surface area contributed by atoms with Crippen molar-refractivity contribution < 1.29 is 0 Å². The van der Waals surface area contributed by atoms with Crippen LogP contribution in [-0.4, -0.2) is 6.54 Å². The molecule has 0 spiro atoms. The van der Waals surface area contributed by atoms with Gasteiger partial charge in [-0.1, -0.05) is 57.5 Å². The van der Waals surface area contributed by atoms with Gasteiger partial charge in [-0.05, 0) is 37.3 Å². The first-order valence-electron chi connectivity index (χ1n) is 6.86. The van der Waals surface area contributed by atoms with Gasteiger partial charge in [0, 0.05) is 6.04 Å². The molecule has 2 atom stereocenters. The molecule has 0 aromatic heterocycles. The molecule has 0 radical (unpaired) electrons. The summed E-state index contributed by atoms with van der Waals surface area (Å²) >= 11 is 0. The summed E-state index contributed by atoms with van der Waals surface area (Å²) in [5.74, 6) is 1.36. The van der Waals surface area contributed by atoms with Gasteiger partial charge in [-0.2, -0.15) is 0 Å². The Morgan fingerprint density at radius 3 is 2.12 bits per heavy atom. The Morgan fingerprint density at radius 2 is 1.65 bits per heavy atom. The van der Waals surface area contributed by atoms with Crippen LogP contribution in [0.2, 0.25) is 0 Å². The van der Waals surface area contributed by atoms with E-state index in [9.17, 15) is 0 Å². The molecule has 1 rings (SSSR count). The van der Waals surface area contributed by atoms with E-state index in [4.69, 9.17) is 0 Å². The molecule has 1 nitrogen and oxygen atoms in total. The van der Waals surface area contributed by atoms with Crippen LogP contribution >= 0.6 is 0 Å². The smallest absolute Gasteiger partial charge is 0.0348 e. The Labute approximate surface area is 107 Å². The highest BCUT2D eigenvalue weighted by Crippen LogP contribution is 2.27. The molecule has 0 saturated carbocycles. The number of benzene rings is 1. The maximum absolute atomic E-state index is 3.69. The van der Waals surface area contributed by atoms with Gasteiger partial charge in [0.15, 0.2) is 0 Å². The molecule has 1 aromatic rings. The van der Waals surface area contributed by atoms with E-state index in [0.717, 1.165) is 6.54 Å². The normalized spacial score (nSPS) is 14.9. The van der Waals surface area contributed by atoms with Gasteiger partial charge in [0.05, 0.1) is 0 Å². The van der Waals surface area contributed by atoms with Crippen molar-refractivity contribution in [3.05, 3.63) is 35.4 Å². The van der Waals surface area contributed by atoms with Gasteiger partial charge in [-0.3, -0.25) is 0 Å². The molecule has 0 heterocycles. The molecule has 0 fully saturated rings. The largest absolute Gasteiger partial charge is 0.310 e. The lowest BCUT2D eigenvalue weighted by atomic mass is 9.86. The van der Waals surface area contributed by atoms with Crippen LogP contribution < -0.4 is 5.32 Å². The molecule has 17 heavy (non-hydrogen) atoms. The fourth-order valence-electron chi connectivity index (χ4n) is 2.07. The van der Waals surface area contributed by atoms with E-state index in [1.54, 1.807) is 0 Å². The van der Waals surface area contributed by atoms with Crippen LogP contribution in [0.25, 0.3) is 0 Å². The lowest BCUT2D eigenvalue weighted by molar-refractivity contribution is 0.304. The summed E-state index contributed by atoms with van der Waals surface area (Å²) in [7, 11) is 0. The summed E-state index contributed by atoms with van der Waals surface area (Å²) in [5.41, 5.74) is 2.76. The molecule has 0 bridgehead atoms. The third-order valence-electron chi connectivity index (χ3n) is 3.63. The third kappa shape index (κ3) is 4.16. The molecule has 1 heteroatoms. The number of nitrogens with one attached hydrogen (secondary N) is 1. The van der Waals surface area contributed by atoms with Crippen molar-refractivity contribution in [1.82, 2.24) is 5.32 Å². The Balaban J connectivity index is 2.85. The second-order valence-corrected chi connectivity index (χ2v) is 5.45. The number of hydrogen-bond acceptors (Lipinski definition) is 1. The first-order valence-corrected chi connectivity index (χ1v) is 6.86. The summed E-state index contributed by atoms with van der Waals surface area (Å²) in [4.78, 5) is 0. The molecule has 96 valence electrons. The van der Waals surface area contributed by atoms with E-state index in [-0.39, 0.29) is 0 Å². The molecule has 1 aromatic carbocycles. The van der Waals surface area contributed by atoms with Gasteiger partial charge in [0.2, 0.25) is 0 Å². The highest BCUT2D eigenvalue weighted by Gasteiger charge is 2.20. The van der Waals surface area contributed by atoms with Gasteiger partial charge in [0.1, 0.15) is 0 Å². The maximum atomic E-state index is 3.69. The molecular formula is C16H27N. The quantitative estimate of drug-likeness (QED) is 0.771. The average Bonchev–Trinajstić information content (AvgIpc) is 2.31. The minimum atomic E-state index is 0.482. The third-order valence-corrected chi connectivity index (χ3v) is 3.63. The van der Waals surface area contributed by atoms with Crippen LogP contribution in [0.5, 0.6) is 0 Å².